The van der Waals surface area contributed by atoms with Gasteiger partial charge >= 0.3 is 0 Å². The van der Waals surface area contributed by atoms with E-state index in [0.29, 0.717) is 45.5 Å². The first-order valence-electron chi connectivity index (χ1n) is 6.78. The van der Waals surface area contributed by atoms with Crippen molar-refractivity contribution in [1.82, 2.24) is 0 Å². The molecular weight excluding hydrogens is 242 g/mol. The lowest BCUT2D eigenvalue weighted by atomic mass is 9.96. The molecule has 1 aromatic carbocycles. The van der Waals surface area contributed by atoms with Gasteiger partial charge in [-0.05, 0) is 24.4 Å². The number of ether oxygens (including phenoxy) is 3. The van der Waals surface area contributed by atoms with Crippen LogP contribution in [0, 0.1) is 0 Å². The maximum atomic E-state index is 5.81. The van der Waals surface area contributed by atoms with E-state index in [0.717, 1.165) is 6.42 Å². The quantitative estimate of drug-likeness (QED) is 0.621. The minimum absolute atomic E-state index is 0.371. The Balaban J connectivity index is 2.07. The van der Waals surface area contributed by atoms with Crippen molar-refractivity contribution in [2.45, 2.75) is 12.3 Å². The highest BCUT2D eigenvalue weighted by atomic mass is 16.5. The Morgan fingerprint density at radius 2 is 1.58 bits per heavy atom. The predicted octanol–water partition coefficient (Wildman–Crippen LogP) is 1.80. The lowest BCUT2D eigenvalue weighted by Crippen LogP contribution is -2.16. The van der Waals surface area contributed by atoms with Crippen molar-refractivity contribution in [2.24, 2.45) is 5.73 Å². The van der Waals surface area contributed by atoms with Gasteiger partial charge in [-0.2, -0.15) is 0 Å². The maximum Gasteiger partial charge on any atom is 0.0701 e. The molecule has 0 saturated heterocycles. The van der Waals surface area contributed by atoms with Crippen molar-refractivity contribution in [2.75, 3.05) is 46.7 Å². The molecule has 0 bridgehead atoms. The van der Waals surface area contributed by atoms with E-state index in [-0.39, 0.29) is 0 Å². The average Bonchev–Trinajstić information content (AvgIpc) is 2.47. The van der Waals surface area contributed by atoms with E-state index >= 15 is 0 Å². The Bertz CT molecular complexity index is 306. The van der Waals surface area contributed by atoms with Gasteiger partial charge in [0.25, 0.3) is 0 Å². The van der Waals surface area contributed by atoms with Crippen LogP contribution in [0.3, 0.4) is 0 Å². The summed E-state index contributed by atoms with van der Waals surface area (Å²) in [6.45, 7) is 3.85. The van der Waals surface area contributed by atoms with E-state index in [1.807, 2.05) is 18.2 Å². The van der Waals surface area contributed by atoms with E-state index in [1.54, 1.807) is 7.11 Å². The number of benzene rings is 1. The van der Waals surface area contributed by atoms with Gasteiger partial charge in [0, 0.05) is 13.7 Å². The number of nitrogens with two attached hydrogens (primary N) is 1. The van der Waals surface area contributed by atoms with Crippen LogP contribution in [0.4, 0.5) is 0 Å². The molecule has 1 aromatic rings. The highest BCUT2D eigenvalue weighted by molar-refractivity contribution is 5.19. The van der Waals surface area contributed by atoms with Gasteiger partial charge in [-0.3, -0.25) is 0 Å². The molecule has 4 nitrogen and oxygen atoms in total. The van der Waals surface area contributed by atoms with Gasteiger partial charge < -0.3 is 19.9 Å². The summed E-state index contributed by atoms with van der Waals surface area (Å²) in [5, 5.41) is 0. The normalized spacial score (nSPS) is 12.5. The molecule has 108 valence electrons. The molecule has 2 N–H and O–H groups in total. The summed E-state index contributed by atoms with van der Waals surface area (Å²) < 4.78 is 15.7. The topological polar surface area (TPSA) is 53.7 Å². The minimum atomic E-state index is 0.371. The van der Waals surface area contributed by atoms with Gasteiger partial charge in [-0.25, -0.2) is 0 Å². The number of hydrogen-bond donors (Lipinski definition) is 1. The van der Waals surface area contributed by atoms with Crippen LogP contribution in [-0.4, -0.2) is 46.7 Å². The summed E-state index contributed by atoms with van der Waals surface area (Å²) in [5.41, 5.74) is 7.09. The third kappa shape index (κ3) is 7.28. The van der Waals surface area contributed by atoms with Crippen molar-refractivity contribution >= 4 is 0 Å². The Kier molecular flexibility index (Phi) is 9.27. The zero-order chi connectivity index (χ0) is 13.8. The van der Waals surface area contributed by atoms with Crippen LogP contribution in [0.2, 0.25) is 0 Å². The summed E-state index contributed by atoms with van der Waals surface area (Å²) >= 11 is 0. The largest absolute Gasteiger partial charge is 0.382 e. The highest BCUT2D eigenvalue weighted by Gasteiger charge is 2.08. The summed E-state index contributed by atoms with van der Waals surface area (Å²) in [5.74, 6) is 0.371. The summed E-state index contributed by atoms with van der Waals surface area (Å²) in [7, 11) is 1.66. The third-order valence-corrected chi connectivity index (χ3v) is 2.97. The van der Waals surface area contributed by atoms with Crippen LogP contribution >= 0.6 is 0 Å². The van der Waals surface area contributed by atoms with Crippen LogP contribution in [0.15, 0.2) is 30.3 Å². The predicted molar refractivity (Wildman–Crippen MR) is 76.4 cm³/mol. The fraction of sp³-hybridized carbons (Fsp3) is 0.600. The first kappa shape index (κ1) is 16.1. The van der Waals surface area contributed by atoms with Gasteiger partial charge in [-0.15, -0.1) is 0 Å². The third-order valence-electron chi connectivity index (χ3n) is 2.97. The lowest BCUT2D eigenvalue weighted by Gasteiger charge is -2.15. The minimum Gasteiger partial charge on any atom is -0.382 e. The fourth-order valence-corrected chi connectivity index (χ4v) is 1.84. The van der Waals surface area contributed by atoms with Crippen molar-refractivity contribution < 1.29 is 14.2 Å². The van der Waals surface area contributed by atoms with Crippen LogP contribution in [0.5, 0.6) is 0 Å². The second-order valence-corrected chi connectivity index (χ2v) is 4.35. The molecule has 0 saturated carbocycles. The molecule has 4 heteroatoms. The SMILES string of the molecule is COCCOCCOCCC(CN)c1ccccc1. The molecular formula is C15H25NO3. The highest BCUT2D eigenvalue weighted by Crippen LogP contribution is 2.17. The monoisotopic (exact) mass is 267 g/mol. The lowest BCUT2D eigenvalue weighted by molar-refractivity contribution is 0.0234. The van der Waals surface area contributed by atoms with E-state index in [2.05, 4.69) is 12.1 Å². The number of rotatable bonds is 11. The molecule has 0 fully saturated rings. The summed E-state index contributed by atoms with van der Waals surface area (Å²) in [4.78, 5) is 0. The van der Waals surface area contributed by atoms with Gasteiger partial charge in [0.15, 0.2) is 0 Å². The number of hydrogen-bond acceptors (Lipinski definition) is 4. The van der Waals surface area contributed by atoms with E-state index in [4.69, 9.17) is 19.9 Å². The molecule has 1 unspecified atom stereocenters. The van der Waals surface area contributed by atoms with Crippen LogP contribution in [-0.2, 0) is 14.2 Å². The molecule has 0 amide bonds. The van der Waals surface area contributed by atoms with Crippen molar-refractivity contribution in [1.29, 1.82) is 0 Å². The standard InChI is InChI=1S/C15H25NO3/c1-17-9-10-19-12-11-18-8-7-15(13-16)14-5-3-2-4-6-14/h2-6,15H,7-13,16H2,1H3. The second-order valence-electron chi connectivity index (χ2n) is 4.35. The van der Waals surface area contributed by atoms with E-state index in [1.165, 1.54) is 5.56 Å². The Labute approximate surface area is 115 Å². The molecule has 0 aromatic heterocycles. The molecule has 0 radical (unpaired) electrons. The molecule has 1 atom stereocenters. The zero-order valence-electron chi connectivity index (χ0n) is 11.7. The van der Waals surface area contributed by atoms with E-state index in [9.17, 15) is 0 Å². The Morgan fingerprint density at radius 3 is 2.21 bits per heavy atom. The number of methoxy groups -OCH3 is 1. The van der Waals surface area contributed by atoms with Gasteiger partial charge in [0.2, 0.25) is 0 Å². The molecule has 1 rings (SSSR count). The molecule has 0 aliphatic heterocycles. The Morgan fingerprint density at radius 1 is 0.947 bits per heavy atom. The average molecular weight is 267 g/mol. The molecule has 0 aliphatic rings. The molecule has 0 spiro atoms. The van der Waals surface area contributed by atoms with Crippen molar-refractivity contribution in [3.8, 4) is 0 Å². The zero-order valence-corrected chi connectivity index (χ0v) is 11.7. The van der Waals surface area contributed by atoms with Crippen LogP contribution in [0.25, 0.3) is 0 Å². The smallest absolute Gasteiger partial charge is 0.0701 e. The summed E-state index contributed by atoms with van der Waals surface area (Å²) in [6.07, 6.45) is 0.943. The second kappa shape index (κ2) is 10.9. The molecule has 19 heavy (non-hydrogen) atoms. The molecule has 0 aliphatic carbocycles. The van der Waals surface area contributed by atoms with Gasteiger partial charge in [-0.1, -0.05) is 30.3 Å². The van der Waals surface area contributed by atoms with Gasteiger partial charge in [0.05, 0.1) is 26.4 Å². The first-order chi connectivity index (χ1) is 9.38. The van der Waals surface area contributed by atoms with Crippen LogP contribution in [0.1, 0.15) is 17.9 Å². The fourth-order valence-electron chi connectivity index (χ4n) is 1.84. The first-order valence-corrected chi connectivity index (χ1v) is 6.78. The van der Waals surface area contributed by atoms with Crippen molar-refractivity contribution in [3.63, 3.8) is 0 Å². The molecule has 0 heterocycles. The van der Waals surface area contributed by atoms with E-state index < -0.39 is 0 Å². The Hall–Kier alpha value is -0.940. The van der Waals surface area contributed by atoms with Crippen LogP contribution < -0.4 is 5.73 Å². The van der Waals surface area contributed by atoms with Crippen molar-refractivity contribution in [3.05, 3.63) is 35.9 Å². The van der Waals surface area contributed by atoms with Gasteiger partial charge in [0.1, 0.15) is 0 Å². The maximum absolute atomic E-state index is 5.81. The summed E-state index contributed by atoms with van der Waals surface area (Å²) in [6, 6.07) is 10.3.